The predicted molar refractivity (Wildman–Crippen MR) is 225 cm³/mol. The molecule has 0 radical (unpaired) electrons. The van der Waals surface area contributed by atoms with E-state index >= 15 is 0 Å². The van der Waals surface area contributed by atoms with Crippen LogP contribution >= 0.6 is 0 Å². The number of hydrogen-bond acceptors (Lipinski definition) is 13. The Morgan fingerprint density at radius 1 is 0.855 bits per heavy atom. The molecular weight excluding hydrogens is 811 g/mol. The Bertz CT molecular complexity index is 1640. The number of nitrogens with one attached hydrogen (secondary N) is 7. The lowest BCUT2D eigenvalue weighted by Gasteiger charge is -2.29. The molecule has 0 saturated carbocycles. The van der Waals surface area contributed by atoms with Gasteiger partial charge in [-0.3, -0.25) is 58.9 Å². The summed E-state index contributed by atoms with van der Waals surface area (Å²) in [6, 6.07) is 4.71. The lowest BCUT2D eigenvalue weighted by Crippen LogP contribution is -2.56. The number of nitrogens with two attached hydrogens (primary N) is 1. The molecule has 4 atom stereocenters. The number of carboxylic acid groups (broad SMARTS) is 2. The zero-order valence-electron chi connectivity index (χ0n) is 35.7. The van der Waals surface area contributed by atoms with Crippen LogP contribution in [-0.2, 0) is 40.0 Å². The summed E-state index contributed by atoms with van der Waals surface area (Å²) in [5.41, 5.74) is 7.80. The Kier molecular flexibility index (Phi) is 21.9. The first-order valence-electron chi connectivity index (χ1n) is 21.0. The van der Waals surface area contributed by atoms with Crippen molar-refractivity contribution in [2.75, 3.05) is 85.1 Å². The number of carbonyl (C=O) groups is 7. The number of hydrogen-bond donors (Lipinski definition) is 11. The summed E-state index contributed by atoms with van der Waals surface area (Å²) in [4.78, 5) is 95.6. The van der Waals surface area contributed by atoms with Crippen LogP contribution in [-0.4, -0.2) is 175 Å². The highest BCUT2D eigenvalue weighted by atomic mass is 16.5. The number of aliphatic carboxylic acids is 2. The van der Waals surface area contributed by atoms with Gasteiger partial charge in [-0.25, -0.2) is 5.48 Å². The molecule has 62 heavy (non-hydrogen) atoms. The summed E-state index contributed by atoms with van der Waals surface area (Å²) < 4.78 is 5.85. The molecule has 3 heterocycles. The highest BCUT2D eigenvalue weighted by molar-refractivity contribution is 5.94. The number of carbonyl (C=O) groups excluding carboxylic acids is 5. The lowest BCUT2D eigenvalue weighted by molar-refractivity contribution is -0.142. The molecule has 5 amide bonds. The number of guanidine groups is 1. The molecule has 1 aromatic rings. The predicted octanol–water partition coefficient (Wildman–Crippen LogP) is -2.26. The summed E-state index contributed by atoms with van der Waals surface area (Å²) in [6.45, 7) is 5.99. The lowest BCUT2D eigenvalue weighted by atomic mass is 9.81. The quantitative estimate of drug-likeness (QED) is 0.0230. The average Bonchev–Trinajstić information content (AvgIpc) is 3.29. The Balaban J connectivity index is 1.71. The van der Waals surface area contributed by atoms with Crippen molar-refractivity contribution >= 4 is 47.4 Å². The second-order valence-electron chi connectivity index (χ2n) is 16.0. The van der Waals surface area contributed by atoms with E-state index in [0.29, 0.717) is 63.4 Å². The Morgan fingerprint density at radius 2 is 1.44 bits per heavy atom. The molecule has 22 nitrogen and oxygen atoms in total. The smallest absolute Gasteiger partial charge is 0.317 e. The molecule has 2 bridgehead atoms. The molecule has 1 fully saturated rings. The first-order chi connectivity index (χ1) is 29.5. The van der Waals surface area contributed by atoms with Gasteiger partial charge in [-0.15, -0.1) is 0 Å². The van der Waals surface area contributed by atoms with Crippen LogP contribution in [0.3, 0.4) is 0 Å². The summed E-state index contributed by atoms with van der Waals surface area (Å²) in [6.07, 6.45) is 1.37. The maximum atomic E-state index is 14.1. The highest BCUT2D eigenvalue weighted by Crippen LogP contribution is 2.27. The molecule has 0 spiro atoms. The van der Waals surface area contributed by atoms with Gasteiger partial charge in [0.25, 0.3) is 0 Å². The number of carboxylic acids is 2. The largest absolute Gasteiger partial charge is 0.494 e. The Hall–Kier alpha value is -5.58. The second-order valence-corrected chi connectivity index (χ2v) is 16.0. The third kappa shape index (κ3) is 19.0. The second kappa shape index (κ2) is 26.7. The fraction of sp³-hybridized carbons (Fsp3) is 0.650. The molecule has 12 N–H and O–H groups in total. The van der Waals surface area contributed by atoms with E-state index < -0.39 is 59.5 Å². The van der Waals surface area contributed by atoms with E-state index in [2.05, 4.69) is 26.6 Å². The van der Waals surface area contributed by atoms with E-state index in [1.54, 1.807) is 39.5 Å². The van der Waals surface area contributed by atoms with E-state index in [1.165, 1.54) is 0 Å². The van der Waals surface area contributed by atoms with Gasteiger partial charge in [0.05, 0.1) is 32.2 Å². The van der Waals surface area contributed by atoms with E-state index in [9.17, 15) is 49.0 Å². The van der Waals surface area contributed by atoms with Crippen molar-refractivity contribution in [2.45, 2.75) is 64.5 Å². The van der Waals surface area contributed by atoms with Crippen molar-refractivity contribution in [1.29, 1.82) is 5.41 Å². The SMILES string of the molecule is CC(C)C[C@H]1C(=O)NC(C(=O)N[C@@H](CCCNC(=N)N)C(=O)NCCNC(=O)CN2CCN(CC(=O)O)CCN(CC(=O)O)CC2)Cc2ccc(cc2)OCCC[C@@H]1C(=O)NO. The van der Waals surface area contributed by atoms with Crippen LogP contribution in [0.4, 0.5) is 0 Å². The van der Waals surface area contributed by atoms with Gasteiger partial charge in [0, 0.05) is 71.2 Å². The van der Waals surface area contributed by atoms with Crippen molar-refractivity contribution in [2.24, 2.45) is 23.5 Å². The number of ether oxygens (including phenoxy) is 1. The highest BCUT2D eigenvalue weighted by Gasteiger charge is 2.36. The normalized spacial score (nSPS) is 20.1. The third-order valence-corrected chi connectivity index (χ3v) is 10.6. The number of hydroxylamine groups is 1. The monoisotopic (exact) mass is 875 g/mol. The first-order valence-corrected chi connectivity index (χ1v) is 21.0. The molecule has 3 aliphatic heterocycles. The van der Waals surface area contributed by atoms with Gasteiger partial charge in [0.15, 0.2) is 5.96 Å². The topological polar surface area (TPSA) is 321 Å². The van der Waals surface area contributed by atoms with Gasteiger partial charge in [0.2, 0.25) is 29.5 Å². The molecule has 1 aromatic carbocycles. The van der Waals surface area contributed by atoms with Crippen molar-refractivity contribution in [3.63, 3.8) is 0 Å². The van der Waals surface area contributed by atoms with Gasteiger partial charge in [-0.2, -0.15) is 0 Å². The van der Waals surface area contributed by atoms with Gasteiger partial charge in [-0.1, -0.05) is 26.0 Å². The van der Waals surface area contributed by atoms with Crippen LogP contribution in [0.25, 0.3) is 0 Å². The molecule has 0 aliphatic carbocycles. The maximum absolute atomic E-state index is 14.1. The third-order valence-electron chi connectivity index (χ3n) is 10.6. The number of fused-ring (bicyclic) bond motifs is 11. The summed E-state index contributed by atoms with van der Waals surface area (Å²) in [7, 11) is 0. The molecule has 1 saturated heterocycles. The van der Waals surface area contributed by atoms with E-state index in [4.69, 9.17) is 15.9 Å². The molecule has 22 heteroatoms. The van der Waals surface area contributed by atoms with Gasteiger partial charge in [0.1, 0.15) is 17.8 Å². The molecule has 346 valence electrons. The van der Waals surface area contributed by atoms with E-state index in [0.717, 1.165) is 0 Å². The van der Waals surface area contributed by atoms with Crippen LogP contribution in [0.15, 0.2) is 24.3 Å². The molecule has 1 unspecified atom stereocenters. The van der Waals surface area contributed by atoms with E-state index in [-0.39, 0.29) is 89.3 Å². The van der Waals surface area contributed by atoms with Crippen LogP contribution in [0, 0.1) is 23.2 Å². The fourth-order valence-corrected chi connectivity index (χ4v) is 7.38. The van der Waals surface area contributed by atoms with Crippen LogP contribution in [0.5, 0.6) is 5.75 Å². The minimum atomic E-state index is -1.19. The molecular formula is C40H65N11O11. The van der Waals surface area contributed by atoms with Crippen molar-refractivity contribution in [3.05, 3.63) is 29.8 Å². The van der Waals surface area contributed by atoms with Crippen LogP contribution in [0.2, 0.25) is 0 Å². The number of rotatable bonds is 19. The average molecular weight is 876 g/mol. The van der Waals surface area contributed by atoms with Crippen LogP contribution < -0.4 is 42.5 Å². The molecule has 0 aromatic heterocycles. The number of benzene rings is 1. The molecule has 4 rings (SSSR count). The van der Waals surface area contributed by atoms with Gasteiger partial charge < -0.3 is 47.3 Å². The first kappa shape index (κ1) is 50.8. The Labute approximate surface area is 361 Å². The standard InChI is InChI=1S/C40H65N11O11/c1-26(2)21-30-29(37(58)48-61)5-4-20-62-28-9-7-27(8-10-28)22-32(47-36(30)57)39(60)46-31(6-3-11-45-40(41)42)38(59)44-13-12-43-33(52)23-49-14-16-50(24-34(53)54)18-19-51(17-15-49)25-35(55)56/h7-10,26,29-32,61H,3-6,11-25H2,1-2H3,(H,43,52)(H,44,59)(H,46,60)(H,47,57)(H,48,58)(H,53,54)(H,55,56)(H4,41,42,45)/t29-,30+,31-,32?/m0/s1. The zero-order chi connectivity index (χ0) is 45.6. The zero-order valence-corrected chi connectivity index (χ0v) is 35.7. The fourth-order valence-electron chi connectivity index (χ4n) is 7.38. The van der Waals surface area contributed by atoms with E-state index in [1.807, 2.05) is 18.7 Å². The minimum Gasteiger partial charge on any atom is -0.494 e. The number of nitrogens with zero attached hydrogens (tertiary/aromatic N) is 3. The van der Waals surface area contributed by atoms with Crippen molar-refractivity contribution < 1.29 is 53.7 Å². The Morgan fingerprint density at radius 3 is 1.98 bits per heavy atom. The summed E-state index contributed by atoms with van der Waals surface area (Å²) >= 11 is 0. The maximum Gasteiger partial charge on any atom is 0.317 e. The van der Waals surface area contributed by atoms with Gasteiger partial charge in [-0.05, 0) is 55.7 Å². The van der Waals surface area contributed by atoms with Crippen LogP contribution in [0.1, 0.15) is 51.5 Å². The van der Waals surface area contributed by atoms with Crippen molar-refractivity contribution in [3.8, 4) is 5.75 Å². The number of amides is 5. The molecule has 3 aliphatic rings. The summed E-state index contributed by atoms with van der Waals surface area (Å²) in [5.74, 6) is -6.47. The van der Waals surface area contributed by atoms with Crippen molar-refractivity contribution in [1.82, 2.24) is 46.8 Å². The minimum absolute atomic E-state index is 0.0127. The van der Waals surface area contributed by atoms with Gasteiger partial charge >= 0.3 is 11.9 Å². The summed E-state index contributed by atoms with van der Waals surface area (Å²) in [5, 5.41) is 49.4.